The third kappa shape index (κ3) is 4.16. The molecule has 0 aliphatic carbocycles. The highest BCUT2D eigenvalue weighted by Gasteiger charge is 2.08. The fraction of sp³-hybridized carbons (Fsp3) is 0.643. The molecule has 0 saturated heterocycles. The Labute approximate surface area is 120 Å². The minimum Gasteiger partial charge on any atom is -0.330 e. The first-order valence-corrected chi connectivity index (χ1v) is 7.15. The summed E-state index contributed by atoms with van der Waals surface area (Å²) in [6, 6.07) is 0.467. The number of nitrogens with one attached hydrogen (secondary N) is 1. The van der Waals surface area contributed by atoms with E-state index in [0.29, 0.717) is 18.5 Å². The lowest BCUT2D eigenvalue weighted by Gasteiger charge is -2.08. The second-order valence-electron chi connectivity index (χ2n) is 5.83. The van der Waals surface area contributed by atoms with Crippen molar-refractivity contribution in [2.45, 2.75) is 53.4 Å². The first kappa shape index (κ1) is 14.7. The van der Waals surface area contributed by atoms with Crippen LogP contribution in [0, 0.1) is 5.92 Å². The zero-order valence-corrected chi connectivity index (χ0v) is 12.7. The molecule has 6 nitrogen and oxygen atoms in total. The van der Waals surface area contributed by atoms with E-state index < -0.39 is 0 Å². The second kappa shape index (κ2) is 6.65. The first-order valence-electron chi connectivity index (χ1n) is 7.15. The number of aromatic nitrogens is 5. The van der Waals surface area contributed by atoms with Gasteiger partial charge in [0, 0.05) is 25.3 Å². The molecule has 0 saturated carbocycles. The van der Waals surface area contributed by atoms with Gasteiger partial charge in [-0.3, -0.25) is 0 Å². The maximum Gasteiger partial charge on any atom is 0.146 e. The lowest BCUT2D eigenvalue weighted by Crippen LogP contribution is -2.21. The van der Waals surface area contributed by atoms with Crippen molar-refractivity contribution >= 4 is 0 Å². The molecular formula is C14H24N6. The second-order valence-corrected chi connectivity index (χ2v) is 5.83. The molecule has 0 bridgehead atoms. The number of imidazole rings is 1. The summed E-state index contributed by atoms with van der Waals surface area (Å²) < 4.78 is 4.02. The van der Waals surface area contributed by atoms with Crippen molar-refractivity contribution in [1.82, 2.24) is 29.6 Å². The van der Waals surface area contributed by atoms with Gasteiger partial charge in [0.05, 0.1) is 18.6 Å². The van der Waals surface area contributed by atoms with Crippen LogP contribution in [0.15, 0.2) is 18.9 Å². The SMILES string of the molecule is CC(C)Cn1ncnc1Cn1cnc(CNC(C)C)c1. The van der Waals surface area contributed by atoms with Crippen molar-refractivity contribution < 1.29 is 0 Å². The number of nitrogens with zero attached hydrogens (tertiary/aromatic N) is 5. The van der Waals surface area contributed by atoms with Crippen LogP contribution in [0.1, 0.15) is 39.2 Å². The Morgan fingerprint density at radius 1 is 1.20 bits per heavy atom. The van der Waals surface area contributed by atoms with Gasteiger partial charge in [0.15, 0.2) is 0 Å². The predicted octanol–water partition coefficient (Wildman–Crippen LogP) is 1.68. The van der Waals surface area contributed by atoms with Gasteiger partial charge in [0.25, 0.3) is 0 Å². The summed E-state index contributed by atoms with van der Waals surface area (Å²) in [5.74, 6) is 1.53. The summed E-state index contributed by atoms with van der Waals surface area (Å²) in [6.07, 6.45) is 5.53. The topological polar surface area (TPSA) is 60.6 Å². The molecule has 20 heavy (non-hydrogen) atoms. The van der Waals surface area contributed by atoms with E-state index in [-0.39, 0.29) is 0 Å². The van der Waals surface area contributed by atoms with E-state index in [1.54, 1.807) is 6.33 Å². The van der Waals surface area contributed by atoms with E-state index >= 15 is 0 Å². The van der Waals surface area contributed by atoms with Crippen molar-refractivity contribution in [3.63, 3.8) is 0 Å². The van der Waals surface area contributed by atoms with Crippen LogP contribution in [0.3, 0.4) is 0 Å². The van der Waals surface area contributed by atoms with Gasteiger partial charge in [-0.2, -0.15) is 5.10 Å². The summed E-state index contributed by atoms with van der Waals surface area (Å²) in [6.45, 7) is 11.0. The summed E-state index contributed by atoms with van der Waals surface area (Å²) in [5, 5.41) is 7.64. The summed E-state index contributed by atoms with van der Waals surface area (Å²) in [7, 11) is 0. The molecule has 6 heteroatoms. The van der Waals surface area contributed by atoms with Crippen molar-refractivity contribution in [1.29, 1.82) is 0 Å². The molecule has 0 spiro atoms. The van der Waals surface area contributed by atoms with Gasteiger partial charge < -0.3 is 9.88 Å². The van der Waals surface area contributed by atoms with Gasteiger partial charge in [0.1, 0.15) is 12.2 Å². The molecule has 0 aromatic carbocycles. The Morgan fingerprint density at radius 2 is 2.00 bits per heavy atom. The Hall–Kier alpha value is -1.69. The maximum absolute atomic E-state index is 4.40. The Balaban J connectivity index is 1.98. The van der Waals surface area contributed by atoms with Crippen LogP contribution in [0.5, 0.6) is 0 Å². The fourth-order valence-corrected chi connectivity index (χ4v) is 1.97. The average Bonchev–Trinajstić information content (AvgIpc) is 2.97. The molecule has 2 aromatic rings. The zero-order valence-electron chi connectivity index (χ0n) is 12.7. The standard InChI is InChI=1S/C14H24N6/c1-11(2)6-20-14(16-9-18-20)8-19-7-13(17-10-19)5-15-12(3)4/h7,9-12,15H,5-6,8H2,1-4H3. The number of hydrogen-bond acceptors (Lipinski definition) is 4. The third-order valence-corrected chi connectivity index (χ3v) is 2.94. The number of rotatable bonds is 7. The van der Waals surface area contributed by atoms with Crippen molar-refractivity contribution in [2.24, 2.45) is 5.92 Å². The first-order chi connectivity index (χ1) is 9.54. The van der Waals surface area contributed by atoms with E-state index in [4.69, 9.17) is 0 Å². The molecule has 0 amide bonds. The van der Waals surface area contributed by atoms with Crippen LogP contribution in [0.4, 0.5) is 0 Å². The third-order valence-electron chi connectivity index (χ3n) is 2.94. The van der Waals surface area contributed by atoms with Crippen LogP contribution in [-0.4, -0.2) is 30.4 Å². The van der Waals surface area contributed by atoms with Gasteiger partial charge in [-0.1, -0.05) is 27.7 Å². The molecule has 110 valence electrons. The van der Waals surface area contributed by atoms with E-state index in [9.17, 15) is 0 Å². The largest absolute Gasteiger partial charge is 0.330 e. The smallest absolute Gasteiger partial charge is 0.146 e. The van der Waals surface area contributed by atoms with Crippen LogP contribution >= 0.6 is 0 Å². The van der Waals surface area contributed by atoms with Gasteiger partial charge in [0.2, 0.25) is 0 Å². The fourth-order valence-electron chi connectivity index (χ4n) is 1.97. The molecule has 0 radical (unpaired) electrons. The highest BCUT2D eigenvalue weighted by atomic mass is 15.3. The normalized spacial score (nSPS) is 11.7. The van der Waals surface area contributed by atoms with E-state index in [2.05, 4.69) is 58.8 Å². The molecular weight excluding hydrogens is 252 g/mol. The van der Waals surface area contributed by atoms with E-state index in [1.165, 1.54) is 0 Å². The molecule has 0 aliphatic heterocycles. The van der Waals surface area contributed by atoms with Gasteiger partial charge in [-0.05, 0) is 5.92 Å². The van der Waals surface area contributed by atoms with Crippen LogP contribution < -0.4 is 5.32 Å². The van der Waals surface area contributed by atoms with Crippen LogP contribution in [0.2, 0.25) is 0 Å². The van der Waals surface area contributed by atoms with E-state index in [1.807, 2.05) is 11.0 Å². The van der Waals surface area contributed by atoms with Crippen molar-refractivity contribution in [3.8, 4) is 0 Å². The highest BCUT2D eigenvalue weighted by molar-refractivity contribution is 4.99. The summed E-state index contributed by atoms with van der Waals surface area (Å²) in [4.78, 5) is 8.74. The molecule has 0 aliphatic rings. The minimum atomic E-state index is 0.467. The molecule has 0 fully saturated rings. The summed E-state index contributed by atoms with van der Waals surface area (Å²) >= 11 is 0. The van der Waals surface area contributed by atoms with Crippen molar-refractivity contribution in [3.05, 3.63) is 30.4 Å². The monoisotopic (exact) mass is 276 g/mol. The molecule has 2 rings (SSSR count). The molecule has 0 atom stereocenters. The molecule has 0 unspecified atom stereocenters. The summed E-state index contributed by atoms with van der Waals surface area (Å²) in [5.41, 5.74) is 1.05. The van der Waals surface area contributed by atoms with Crippen LogP contribution in [0.25, 0.3) is 0 Å². The van der Waals surface area contributed by atoms with Crippen LogP contribution in [-0.2, 0) is 19.6 Å². The number of hydrogen-bond donors (Lipinski definition) is 1. The molecule has 2 aromatic heterocycles. The maximum atomic E-state index is 4.40. The predicted molar refractivity (Wildman–Crippen MR) is 78.2 cm³/mol. The van der Waals surface area contributed by atoms with Gasteiger partial charge in [-0.25, -0.2) is 14.6 Å². The quantitative estimate of drug-likeness (QED) is 0.836. The minimum absolute atomic E-state index is 0.467. The zero-order chi connectivity index (χ0) is 14.5. The Morgan fingerprint density at radius 3 is 2.70 bits per heavy atom. The van der Waals surface area contributed by atoms with Gasteiger partial charge >= 0.3 is 0 Å². The lowest BCUT2D eigenvalue weighted by atomic mass is 10.2. The highest BCUT2D eigenvalue weighted by Crippen LogP contribution is 2.05. The molecule has 1 N–H and O–H groups in total. The van der Waals surface area contributed by atoms with Gasteiger partial charge in [-0.15, -0.1) is 0 Å². The molecule has 2 heterocycles. The lowest BCUT2D eigenvalue weighted by molar-refractivity contribution is 0.461. The average molecular weight is 276 g/mol. The van der Waals surface area contributed by atoms with Crippen molar-refractivity contribution in [2.75, 3.05) is 0 Å². The van der Waals surface area contributed by atoms with E-state index in [0.717, 1.165) is 24.6 Å². The Kier molecular flexibility index (Phi) is 4.89. The Bertz CT molecular complexity index is 525.